The zero-order valence-electron chi connectivity index (χ0n) is 16.8. The monoisotopic (exact) mass is 380 g/mol. The lowest BCUT2D eigenvalue weighted by Gasteiger charge is -2.29. The minimum atomic E-state index is -0.858. The highest BCUT2D eigenvalue weighted by Gasteiger charge is 2.21. The van der Waals surface area contributed by atoms with Crippen molar-refractivity contribution in [3.63, 3.8) is 0 Å². The molecule has 0 aromatic heterocycles. The second-order valence-electron chi connectivity index (χ2n) is 8.07. The van der Waals surface area contributed by atoms with Crippen LogP contribution in [0.3, 0.4) is 0 Å². The number of benzene rings is 2. The third-order valence-electron chi connectivity index (χ3n) is 5.97. The molecule has 0 bridgehead atoms. The summed E-state index contributed by atoms with van der Waals surface area (Å²) in [5, 5.41) is 0. The van der Waals surface area contributed by atoms with Crippen molar-refractivity contribution in [2.45, 2.75) is 70.6 Å². The van der Waals surface area contributed by atoms with Gasteiger partial charge < -0.3 is 0 Å². The topological polar surface area (TPSA) is 0 Å². The Morgan fingerprint density at radius 2 is 1.46 bits per heavy atom. The standard InChI is InChI=1S/C26H30F2/c1-2-3-4-5-6-20-9-14-23(15-10-20)24-16-11-21(12-17-24)7-8-22-13-18-25(27)26(28)19-22/h11-13,16-20,23H,2-6,9-10,14-15H2,1H3. The summed E-state index contributed by atoms with van der Waals surface area (Å²) < 4.78 is 26.2. The van der Waals surface area contributed by atoms with Gasteiger partial charge >= 0.3 is 0 Å². The van der Waals surface area contributed by atoms with E-state index in [4.69, 9.17) is 0 Å². The van der Waals surface area contributed by atoms with E-state index in [9.17, 15) is 8.78 Å². The summed E-state index contributed by atoms with van der Waals surface area (Å²) in [4.78, 5) is 0. The van der Waals surface area contributed by atoms with Crippen molar-refractivity contribution in [1.82, 2.24) is 0 Å². The molecule has 1 aliphatic carbocycles. The largest absolute Gasteiger partial charge is 0.204 e. The van der Waals surface area contributed by atoms with E-state index in [0.717, 1.165) is 23.6 Å². The Morgan fingerprint density at radius 3 is 2.14 bits per heavy atom. The first-order chi connectivity index (χ1) is 13.7. The van der Waals surface area contributed by atoms with Crippen LogP contribution in [-0.2, 0) is 0 Å². The normalized spacial score (nSPS) is 19.1. The molecule has 2 aromatic carbocycles. The van der Waals surface area contributed by atoms with Crippen molar-refractivity contribution in [2.24, 2.45) is 5.92 Å². The molecule has 0 heterocycles. The Labute approximate surface area is 168 Å². The second kappa shape index (κ2) is 10.4. The molecule has 1 aliphatic rings. The number of halogens is 2. The van der Waals surface area contributed by atoms with Gasteiger partial charge in [-0.2, -0.15) is 0 Å². The summed E-state index contributed by atoms with van der Waals surface area (Å²) in [6.45, 7) is 2.27. The van der Waals surface area contributed by atoms with Crippen LogP contribution in [-0.4, -0.2) is 0 Å². The summed E-state index contributed by atoms with van der Waals surface area (Å²) >= 11 is 0. The lowest BCUT2D eigenvalue weighted by Crippen LogP contribution is -2.13. The molecule has 28 heavy (non-hydrogen) atoms. The SMILES string of the molecule is CCCCCCC1CCC(c2ccc(C#Cc3ccc(F)c(F)c3)cc2)CC1. The van der Waals surface area contributed by atoms with Gasteiger partial charge in [-0.25, -0.2) is 8.78 Å². The first kappa shape index (κ1) is 20.6. The van der Waals surface area contributed by atoms with E-state index in [2.05, 4.69) is 30.9 Å². The van der Waals surface area contributed by atoms with Gasteiger partial charge in [0.05, 0.1) is 0 Å². The highest BCUT2D eigenvalue weighted by molar-refractivity contribution is 5.44. The number of unbranched alkanes of at least 4 members (excludes halogenated alkanes) is 3. The predicted molar refractivity (Wildman–Crippen MR) is 112 cm³/mol. The quantitative estimate of drug-likeness (QED) is 0.357. The lowest BCUT2D eigenvalue weighted by atomic mass is 9.77. The molecule has 0 unspecified atom stereocenters. The zero-order chi connectivity index (χ0) is 19.8. The van der Waals surface area contributed by atoms with Gasteiger partial charge in [0.2, 0.25) is 0 Å². The van der Waals surface area contributed by atoms with E-state index in [1.54, 1.807) is 0 Å². The fraction of sp³-hybridized carbons (Fsp3) is 0.462. The Morgan fingerprint density at radius 1 is 0.786 bits per heavy atom. The van der Waals surface area contributed by atoms with Crippen LogP contribution < -0.4 is 0 Å². The summed E-state index contributed by atoms with van der Waals surface area (Å²) in [5.41, 5.74) is 2.79. The second-order valence-corrected chi connectivity index (χ2v) is 8.07. The Kier molecular flexibility index (Phi) is 7.66. The molecule has 0 spiro atoms. The van der Waals surface area contributed by atoms with E-state index in [1.165, 1.54) is 69.4 Å². The van der Waals surface area contributed by atoms with Crippen LogP contribution in [0.15, 0.2) is 42.5 Å². The summed E-state index contributed by atoms with van der Waals surface area (Å²) in [6.07, 6.45) is 12.2. The van der Waals surface area contributed by atoms with Crippen molar-refractivity contribution in [2.75, 3.05) is 0 Å². The van der Waals surface area contributed by atoms with E-state index in [0.29, 0.717) is 11.5 Å². The number of rotatable bonds is 6. The average Bonchev–Trinajstić information content (AvgIpc) is 2.73. The van der Waals surface area contributed by atoms with Crippen LogP contribution in [0, 0.1) is 29.4 Å². The molecule has 0 aliphatic heterocycles. The highest BCUT2D eigenvalue weighted by Crippen LogP contribution is 2.37. The van der Waals surface area contributed by atoms with Crippen LogP contribution in [0.4, 0.5) is 8.78 Å². The molecule has 0 atom stereocenters. The molecular weight excluding hydrogens is 350 g/mol. The molecule has 3 rings (SSSR count). The minimum Gasteiger partial charge on any atom is -0.204 e. The number of hydrogen-bond acceptors (Lipinski definition) is 0. The Bertz CT molecular complexity index is 803. The van der Waals surface area contributed by atoms with Gasteiger partial charge in [-0.05, 0) is 73.4 Å². The number of hydrogen-bond donors (Lipinski definition) is 0. The summed E-state index contributed by atoms with van der Waals surface area (Å²) in [6, 6.07) is 12.2. The van der Waals surface area contributed by atoms with E-state index >= 15 is 0 Å². The maximum atomic E-state index is 13.3. The molecule has 2 aromatic rings. The van der Waals surface area contributed by atoms with E-state index in [-0.39, 0.29) is 0 Å². The maximum absolute atomic E-state index is 13.3. The van der Waals surface area contributed by atoms with Gasteiger partial charge in [-0.3, -0.25) is 0 Å². The van der Waals surface area contributed by atoms with Crippen LogP contribution >= 0.6 is 0 Å². The third kappa shape index (κ3) is 5.93. The Balaban J connectivity index is 1.51. The summed E-state index contributed by atoms with van der Waals surface area (Å²) in [7, 11) is 0. The molecule has 1 fully saturated rings. The van der Waals surface area contributed by atoms with Crippen molar-refractivity contribution in [1.29, 1.82) is 0 Å². The van der Waals surface area contributed by atoms with Gasteiger partial charge in [0.25, 0.3) is 0 Å². The molecule has 0 amide bonds. The maximum Gasteiger partial charge on any atom is 0.160 e. The van der Waals surface area contributed by atoms with Gasteiger partial charge in [-0.1, -0.05) is 63.0 Å². The molecule has 0 nitrogen and oxygen atoms in total. The smallest absolute Gasteiger partial charge is 0.160 e. The first-order valence-corrected chi connectivity index (χ1v) is 10.7. The predicted octanol–water partition coefficient (Wildman–Crippen LogP) is 7.61. The summed E-state index contributed by atoms with van der Waals surface area (Å²) in [5.74, 6) is 5.84. The average molecular weight is 381 g/mol. The third-order valence-corrected chi connectivity index (χ3v) is 5.97. The Hall–Kier alpha value is -2.14. The molecular formula is C26H30F2. The lowest BCUT2D eigenvalue weighted by molar-refractivity contribution is 0.302. The fourth-order valence-electron chi connectivity index (χ4n) is 4.20. The highest BCUT2D eigenvalue weighted by atomic mass is 19.2. The van der Waals surface area contributed by atoms with Crippen molar-refractivity contribution < 1.29 is 8.78 Å². The minimum absolute atomic E-state index is 0.486. The van der Waals surface area contributed by atoms with Crippen LogP contribution in [0.5, 0.6) is 0 Å². The zero-order valence-corrected chi connectivity index (χ0v) is 16.8. The van der Waals surface area contributed by atoms with Crippen LogP contribution in [0.25, 0.3) is 0 Å². The molecule has 0 N–H and O–H groups in total. The molecule has 148 valence electrons. The van der Waals surface area contributed by atoms with Crippen LogP contribution in [0.2, 0.25) is 0 Å². The molecule has 2 heteroatoms. The molecule has 0 radical (unpaired) electrons. The molecule has 0 saturated heterocycles. The van der Waals surface area contributed by atoms with Crippen molar-refractivity contribution in [3.05, 3.63) is 70.8 Å². The molecule has 1 saturated carbocycles. The van der Waals surface area contributed by atoms with Gasteiger partial charge in [-0.15, -0.1) is 0 Å². The van der Waals surface area contributed by atoms with Crippen molar-refractivity contribution >= 4 is 0 Å². The van der Waals surface area contributed by atoms with E-state index in [1.807, 2.05) is 12.1 Å². The first-order valence-electron chi connectivity index (χ1n) is 10.7. The van der Waals surface area contributed by atoms with Gasteiger partial charge in [0, 0.05) is 11.1 Å². The van der Waals surface area contributed by atoms with Crippen LogP contribution in [0.1, 0.15) is 87.3 Å². The van der Waals surface area contributed by atoms with Gasteiger partial charge in [0.15, 0.2) is 11.6 Å². The van der Waals surface area contributed by atoms with Crippen molar-refractivity contribution in [3.8, 4) is 11.8 Å². The van der Waals surface area contributed by atoms with E-state index < -0.39 is 11.6 Å². The van der Waals surface area contributed by atoms with Gasteiger partial charge in [0.1, 0.15) is 0 Å². The fourth-order valence-corrected chi connectivity index (χ4v) is 4.20.